The van der Waals surface area contributed by atoms with E-state index in [1.54, 1.807) is 0 Å². The fraction of sp³-hybridized carbons (Fsp3) is 0.818. The quantitative estimate of drug-likeness (QED) is 0.680. The number of hydrogen-bond donors (Lipinski definition) is 1. The lowest BCUT2D eigenvalue weighted by molar-refractivity contribution is -0.124. The van der Waals surface area contributed by atoms with Gasteiger partial charge in [-0.05, 0) is 12.8 Å². The molecule has 0 aromatic heterocycles. The molecule has 0 saturated carbocycles. The van der Waals surface area contributed by atoms with Crippen molar-refractivity contribution in [2.75, 3.05) is 6.54 Å². The maximum Gasteiger partial charge on any atom is 0.220 e. The number of carbonyl (C=O) groups is 2. The summed E-state index contributed by atoms with van der Waals surface area (Å²) in [6, 6.07) is 0. The second-order valence-corrected chi connectivity index (χ2v) is 3.69. The fourth-order valence-corrected chi connectivity index (χ4v) is 1.21. The van der Waals surface area contributed by atoms with Gasteiger partial charge in [0.1, 0.15) is 5.78 Å². The molecule has 3 nitrogen and oxygen atoms in total. The normalized spacial score (nSPS) is 10.3. The van der Waals surface area contributed by atoms with Gasteiger partial charge in [0.15, 0.2) is 0 Å². The highest BCUT2D eigenvalue weighted by Crippen LogP contribution is 2.05. The van der Waals surface area contributed by atoms with Gasteiger partial charge in [0.25, 0.3) is 0 Å². The van der Waals surface area contributed by atoms with Crippen LogP contribution in [0.3, 0.4) is 0 Å². The van der Waals surface area contributed by atoms with Crippen molar-refractivity contribution < 1.29 is 9.59 Å². The number of carbonyl (C=O) groups excluding carboxylic acids is 2. The van der Waals surface area contributed by atoms with Gasteiger partial charge in [-0.2, -0.15) is 0 Å². The van der Waals surface area contributed by atoms with E-state index in [0.717, 1.165) is 19.4 Å². The maximum atomic E-state index is 11.2. The molecular weight excluding hydrogens is 178 g/mol. The van der Waals surface area contributed by atoms with Gasteiger partial charge in [-0.1, -0.05) is 26.7 Å². The van der Waals surface area contributed by atoms with E-state index in [1.807, 2.05) is 0 Å². The second kappa shape index (κ2) is 7.54. The molecule has 3 heteroatoms. The summed E-state index contributed by atoms with van der Waals surface area (Å²) in [6.45, 7) is 6.49. The van der Waals surface area contributed by atoms with Crippen LogP contribution in [0.15, 0.2) is 0 Å². The monoisotopic (exact) mass is 199 g/mol. The van der Waals surface area contributed by atoms with E-state index in [9.17, 15) is 9.59 Å². The zero-order chi connectivity index (χ0) is 11.0. The van der Waals surface area contributed by atoms with Crippen LogP contribution in [-0.2, 0) is 9.59 Å². The molecule has 0 rings (SSSR count). The van der Waals surface area contributed by atoms with Crippen LogP contribution in [0.2, 0.25) is 0 Å². The van der Waals surface area contributed by atoms with Crippen LogP contribution in [0.5, 0.6) is 0 Å². The van der Waals surface area contributed by atoms with E-state index in [1.165, 1.54) is 6.92 Å². The zero-order valence-electron chi connectivity index (χ0n) is 9.43. The molecule has 0 aromatic carbocycles. The predicted molar refractivity (Wildman–Crippen MR) is 57.0 cm³/mol. The zero-order valence-corrected chi connectivity index (χ0v) is 9.43. The van der Waals surface area contributed by atoms with Gasteiger partial charge < -0.3 is 10.1 Å². The Morgan fingerprint density at radius 1 is 1.14 bits per heavy atom. The summed E-state index contributed by atoms with van der Waals surface area (Å²) in [5.74, 6) is 0.631. The first kappa shape index (κ1) is 13.1. The van der Waals surface area contributed by atoms with Crippen LogP contribution in [-0.4, -0.2) is 18.2 Å². The minimum atomic E-state index is -0.00731. The fourth-order valence-electron chi connectivity index (χ4n) is 1.21. The number of nitrogens with one attached hydrogen (secondary N) is 1. The minimum Gasteiger partial charge on any atom is -0.356 e. The third-order valence-corrected chi connectivity index (χ3v) is 2.45. The largest absolute Gasteiger partial charge is 0.356 e. The van der Waals surface area contributed by atoms with Crippen molar-refractivity contribution in [1.82, 2.24) is 5.32 Å². The SMILES string of the molecule is CCC(CC)CNC(=O)CCC(C)=O. The van der Waals surface area contributed by atoms with E-state index >= 15 is 0 Å². The average Bonchev–Trinajstić information content (AvgIpc) is 2.16. The van der Waals surface area contributed by atoms with Gasteiger partial charge in [0.05, 0.1) is 0 Å². The van der Waals surface area contributed by atoms with E-state index in [2.05, 4.69) is 19.2 Å². The van der Waals surface area contributed by atoms with Crippen molar-refractivity contribution in [2.45, 2.75) is 46.5 Å². The lowest BCUT2D eigenvalue weighted by atomic mass is 10.0. The summed E-state index contributed by atoms with van der Waals surface area (Å²) in [6.07, 6.45) is 2.86. The van der Waals surface area contributed by atoms with Crippen LogP contribution < -0.4 is 5.32 Å². The molecule has 82 valence electrons. The molecule has 0 radical (unpaired) electrons. The Balaban J connectivity index is 3.57. The van der Waals surface area contributed by atoms with E-state index in [-0.39, 0.29) is 11.7 Å². The summed E-state index contributed by atoms with van der Waals surface area (Å²) >= 11 is 0. The molecule has 0 unspecified atom stereocenters. The van der Waals surface area contributed by atoms with Gasteiger partial charge in [-0.25, -0.2) is 0 Å². The van der Waals surface area contributed by atoms with Gasteiger partial charge >= 0.3 is 0 Å². The van der Waals surface area contributed by atoms with E-state index in [4.69, 9.17) is 0 Å². The van der Waals surface area contributed by atoms with Crippen molar-refractivity contribution in [2.24, 2.45) is 5.92 Å². The molecular formula is C11H21NO2. The molecule has 0 aliphatic rings. The van der Waals surface area contributed by atoms with E-state index in [0.29, 0.717) is 18.8 Å². The Morgan fingerprint density at radius 3 is 2.14 bits per heavy atom. The number of ketones is 1. The Morgan fingerprint density at radius 2 is 1.71 bits per heavy atom. The van der Waals surface area contributed by atoms with Gasteiger partial charge in [0.2, 0.25) is 5.91 Å². The number of hydrogen-bond acceptors (Lipinski definition) is 2. The van der Waals surface area contributed by atoms with Gasteiger partial charge in [0, 0.05) is 19.4 Å². The van der Waals surface area contributed by atoms with Crippen LogP contribution in [0, 0.1) is 5.92 Å². The molecule has 14 heavy (non-hydrogen) atoms. The van der Waals surface area contributed by atoms with Gasteiger partial charge in [-0.3, -0.25) is 4.79 Å². The summed E-state index contributed by atoms with van der Waals surface area (Å²) in [7, 11) is 0. The van der Waals surface area contributed by atoms with Crippen LogP contribution in [0.25, 0.3) is 0 Å². The highest BCUT2D eigenvalue weighted by Gasteiger charge is 2.06. The average molecular weight is 199 g/mol. The van der Waals surface area contributed by atoms with Crippen LogP contribution in [0.1, 0.15) is 46.5 Å². The number of rotatable bonds is 7. The van der Waals surface area contributed by atoms with Crippen molar-refractivity contribution in [3.63, 3.8) is 0 Å². The lowest BCUT2D eigenvalue weighted by Crippen LogP contribution is -2.28. The van der Waals surface area contributed by atoms with Crippen molar-refractivity contribution >= 4 is 11.7 Å². The second-order valence-electron chi connectivity index (χ2n) is 3.69. The van der Waals surface area contributed by atoms with Crippen molar-refractivity contribution in [3.05, 3.63) is 0 Å². The minimum absolute atomic E-state index is 0.00731. The molecule has 1 N–H and O–H groups in total. The Hall–Kier alpha value is -0.860. The lowest BCUT2D eigenvalue weighted by Gasteiger charge is -2.12. The third-order valence-electron chi connectivity index (χ3n) is 2.45. The molecule has 0 fully saturated rings. The van der Waals surface area contributed by atoms with E-state index < -0.39 is 0 Å². The molecule has 0 heterocycles. The van der Waals surface area contributed by atoms with Gasteiger partial charge in [-0.15, -0.1) is 0 Å². The number of amides is 1. The molecule has 0 saturated heterocycles. The molecule has 0 aromatic rings. The van der Waals surface area contributed by atoms with Crippen LogP contribution in [0.4, 0.5) is 0 Å². The summed E-state index contributed by atoms with van der Waals surface area (Å²) in [5, 5.41) is 2.85. The molecule has 0 spiro atoms. The number of Topliss-reactive ketones (excluding diaryl/α,β-unsaturated/α-hetero) is 1. The topological polar surface area (TPSA) is 46.2 Å². The Kier molecular flexibility index (Phi) is 7.07. The smallest absolute Gasteiger partial charge is 0.220 e. The summed E-state index contributed by atoms with van der Waals surface area (Å²) in [5.41, 5.74) is 0. The molecule has 0 bridgehead atoms. The molecule has 0 aliphatic carbocycles. The van der Waals surface area contributed by atoms with Crippen LogP contribution >= 0.6 is 0 Å². The highest BCUT2D eigenvalue weighted by atomic mass is 16.2. The summed E-state index contributed by atoms with van der Waals surface area (Å²) in [4.78, 5) is 21.8. The Bertz CT molecular complexity index is 186. The predicted octanol–water partition coefficient (Wildman–Crippen LogP) is 1.91. The molecule has 0 atom stereocenters. The molecule has 0 aliphatic heterocycles. The Labute approximate surface area is 86.3 Å². The van der Waals surface area contributed by atoms with Crippen molar-refractivity contribution in [3.8, 4) is 0 Å². The first-order valence-corrected chi connectivity index (χ1v) is 5.36. The third kappa shape index (κ3) is 6.63. The first-order valence-electron chi connectivity index (χ1n) is 5.36. The molecule has 1 amide bonds. The van der Waals surface area contributed by atoms with Crippen molar-refractivity contribution in [1.29, 1.82) is 0 Å². The highest BCUT2D eigenvalue weighted by molar-refractivity contribution is 5.83. The maximum absolute atomic E-state index is 11.2. The first-order chi connectivity index (χ1) is 6.60. The standard InChI is InChI=1S/C11H21NO2/c1-4-10(5-2)8-12-11(14)7-6-9(3)13/h10H,4-8H2,1-3H3,(H,12,14). The summed E-state index contributed by atoms with van der Waals surface area (Å²) < 4.78 is 0.